The van der Waals surface area contributed by atoms with Gasteiger partial charge in [-0.1, -0.05) is 54.4 Å². The van der Waals surface area contributed by atoms with Crippen LogP contribution in [0.4, 0.5) is 0 Å². The molecule has 0 aromatic heterocycles. The van der Waals surface area contributed by atoms with Crippen LogP contribution < -0.4 is 5.43 Å². The van der Waals surface area contributed by atoms with Crippen molar-refractivity contribution < 1.29 is 4.79 Å². The van der Waals surface area contributed by atoms with Crippen LogP contribution in [-0.4, -0.2) is 39.0 Å². The minimum Gasteiger partial charge on any atom is -0.307 e. The molecule has 1 aliphatic carbocycles. The Morgan fingerprint density at radius 3 is 2.85 bits per heavy atom. The van der Waals surface area contributed by atoms with Crippen LogP contribution in [0.2, 0.25) is 0 Å². The number of amides is 1. The molecule has 1 saturated heterocycles. The third-order valence-electron chi connectivity index (χ3n) is 5.48. The van der Waals surface area contributed by atoms with Gasteiger partial charge in [-0.15, -0.1) is 0 Å². The Bertz CT molecular complexity index is 756. The summed E-state index contributed by atoms with van der Waals surface area (Å²) in [6.45, 7) is 2.64. The second-order valence-corrected chi connectivity index (χ2v) is 8.10. The summed E-state index contributed by atoms with van der Waals surface area (Å²) in [5, 5.41) is 14.2. The molecule has 0 radical (unpaired) electrons. The number of fused-ring (bicyclic) bond motifs is 3. The summed E-state index contributed by atoms with van der Waals surface area (Å²) in [7, 11) is 0. The number of benzene rings is 1. The largest absolute Gasteiger partial charge is 0.307 e. The molecule has 0 spiro atoms. The monoisotopic (exact) mass is 369 g/mol. The first-order chi connectivity index (χ1) is 12.7. The molecule has 1 saturated carbocycles. The normalized spacial score (nSPS) is 27.3. The molecule has 3 unspecified atom stereocenters. The van der Waals surface area contributed by atoms with Crippen LogP contribution in [0.15, 0.2) is 29.4 Å². The fourth-order valence-corrected chi connectivity index (χ4v) is 4.90. The first kappa shape index (κ1) is 17.2. The van der Waals surface area contributed by atoms with Gasteiger partial charge in [-0.2, -0.15) is 10.4 Å². The highest BCUT2D eigenvalue weighted by Gasteiger charge is 2.50. The van der Waals surface area contributed by atoms with Gasteiger partial charge in [0.1, 0.15) is 0 Å². The van der Waals surface area contributed by atoms with Crippen molar-refractivity contribution in [2.24, 2.45) is 11.0 Å². The highest BCUT2D eigenvalue weighted by molar-refractivity contribution is 8.13. The van der Waals surface area contributed by atoms with Crippen molar-refractivity contribution >= 4 is 22.8 Å². The van der Waals surface area contributed by atoms with E-state index < -0.39 is 0 Å². The molecule has 3 aliphatic rings. The van der Waals surface area contributed by atoms with E-state index >= 15 is 0 Å². The van der Waals surface area contributed by atoms with Gasteiger partial charge in [0.25, 0.3) is 0 Å². The zero-order valence-electron chi connectivity index (χ0n) is 14.9. The number of thioether (sulfide) groups is 1. The van der Waals surface area contributed by atoms with Crippen LogP contribution in [0.1, 0.15) is 36.8 Å². The standard InChI is InChI=1S/C19H23N5OS/c1-13-6-8-14(9-7-13)12-23-17(25)15-4-2-3-5-16(15)24-18(23)21-22-19(24)26-11-10-20/h6-9,15-16,18,21H,2-5,11-12H2,1H3. The van der Waals surface area contributed by atoms with Crippen molar-refractivity contribution in [2.75, 3.05) is 5.75 Å². The molecule has 3 atom stereocenters. The smallest absolute Gasteiger partial charge is 0.231 e. The summed E-state index contributed by atoms with van der Waals surface area (Å²) in [6.07, 6.45) is 3.96. The SMILES string of the molecule is Cc1ccc(CN2C(=O)C3CCCCC3N3C(SCC#N)=NNC23)cc1. The minimum absolute atomic E-state index is 0.0261. The number of nitrogens with zero attached hydrogens (tertiary/aromatic N) is 4. The van der Waals surface area contributed by atoms with Crippen molar-refractivity contribution in [1.29, 1.82) is 5.26 Å². The number of carbonyl (C=O) groups is 1. The molecule has 1 aromatic rings. The van der Waals surface area contributed by atoms with E-state index in [1.807, 2.05) is 4.90 Å². The first-order valence-electron chi connectivity index (χ1n) is 9.16. The summed E-state index contributed by atoms with van der Waals surface area (Å²) in [5.74, 6) is 0.622. The number of hydrogen-bond donors (Lipinski definition) is 1. The quantitative estimate of drug-likeness (QED) is 0.887. The van der Waals surface area contributed by atoms with Crippen molar-refractivity contribution in [3.63, 3.8) is 0 Å². The molecule has 4 rings (SSSR count). The average molecular weight is 369 g/mol. The van der Waals surface area contributed by atoms with Gasteiger partial charge in [0.05, 0.1) is 17.7 Å². The molecule has 2 heterocycles. The highest BCUT2D eigenvalue weighted by atomic mass is 32.2. The maximum absolute atomic E-state index is 13.2. The molecule has 2 aliphatic heterocycles. The fourth-order valence-electron chi connectivity index (χ4n) is 4.20. The summed E-state index contributed by atoms with van der Waals surface area (Å²) >= 11 is 1.45. The number of hydrogen-bond acceptors (Lipinski definition) is 6. The second kappa shape index (κ2) is 7.20. The zero-order chi connectivity index (χ0) is 18.1. The fraction of sp³-hybridized carbons (Fsp3) is 0.526. The minimum atomic E-state index is -0.246. The van der Waals surface area contributed by atoms with Crippen molar-refractivity contribution in [1.82, 2.24) is 15.2 Å². The van der Waals surface area contributed by atoms with Crippen LogP contribution in [-0.2, 0) is 11.3 Å². The van der Waals surface area contributed by atoms with Gasteiger partial charge in [0.15, 0.2) is 11.5 Å². The number of hydrazone groups is 1. The van der Waals surface area contributed by atoms with Gasteiger partial charge < -0.3 is 4.90 Å². The Balaban J connectivity index is 1.61. The summed E-state index contributed by atoms with van der Waals surface area (Å²) < 4.78 is 0. The Morgan fingerprint density at radius 2 is 2.08 bits per heavy atom. The molecular formula is C19H23N5OS. The molecule has 7 heteroatoms. The van der Waals surface area contributed by atoms with E-state index in [0.29, 0.717) is 12.3 Å². The number of nitrogens with one attached hydrogen (secondary N) is 1. The predicted octanol–water partition coefficient (Wildman–Crippen LogP) is 2.61. The van der Waals surface area contributed by atoms with E-state index in [1.54, 1.807) is 0 Å². The Kier molecular flexibility index (Phi) is 4.77. The van der Waals surface area contributed by atoms with Gasteiger partial charge in [-0.25, -0.2) is 0 Å². The summed E-state index contributed by atoms with van der Waals surface area (Å²) in [5.41, 5.74) is 5.49. The molecule has 136 valence electrons. The number of aryl methyl sites for hydroxylation is 1. The lowest BCUT2D eigenvalue weighted by Gasteiger charge is -2.50. The lowest BCUT2D eigenvalue weighted by Crippen LogP contribution is -2.66. The van der Waals surface area contributed by atoms with Crippen LogP contribution >= 0.6 is 11.8 Å². The van der Waals surface area contributed by atoms with Gasteiger partial charge >= 0.3 is 0 Å². The second-order valence-electron chi connectivity index (χ2n) is 7.16. The highest BCUT2D eigenvalue weighted by Crippen LogP contribution is 2.39. The van der Waals surface area contributed by atoms with E-state index in [4.69, 9.17) is 5.26 Å². The van der Waals surface area contributed by atoms with Gasteiger partial charge in [0.2, 0.25) is 5.91 Å². The predicted molar refractivity (Wildman–Crippen MR) is 102 cm³/mol. The molecule has 1 amide bonds. The lowest BCUT2D eigenvalue weighted by molar-refractivity contribution is -0.156. The average Bonchev–Trinajstić information content (AvgIpc) is 3.09. The van der Waals surface area contributed by atoms with Crippen molar-refractivity contribution in [3.8, 4) is 6.07 Å². The Morgan fingerprint density at radius 1 is 1.31 bits per heavy atom. The molecule has 0 bridgehead atoms. The molecule has 2 fully saturated rings. The van der Waals surface area contributed by atoms with E-state index in [-0.39, 0.29) is 24.2 Å². The molecule has 1 aromatic carbocycles. The number of rotatable bonds is 3. The van der Waals surface area contributed by atoms with Crippen LogP contribution in [0.3, 0.4) is 0 Å². The third-order valence-corrected chi connectivity index (χ3v) is 6.32. The van der Waals surface area contributed by atoms with E-state index in [0.717, 1.165) is 36.4 Å². The maximum atomic E-state index is 13.2. The van der Waals surface area contributed by atoms with E-state index in [9.17, 15) is 4.79 Å². The van der Waals surface area contributed by atoms with Crippen molar-refractivity contribution in [2.45, 2.75) is 51.5 Å². The topological polar surface area (TPSA) is 71.7 Å². The maximum Gasteiger partial charge on any atom is 0.231 e. The molecule has 26 heavy (non-hydrogen) atoms. The zero-order valence-corrected chi connectivity index (χ0v) is 15.7. The van der Waals surface area contributed by atoms with Gasteiger partial charge in [-0.3, -0.25) is 15.1 Å². The molecular weight excluding hydrogens is 346 g/mol. The Labute approximate surface area is 158 Å². The number of amidine groups is 1. The Hall–Kier alpha value is -2.20. The molecule has 6 nitrogen and oxygen atoms in total. The van der Waals surface area contributed by atoms with Crippen LogP contribution in [0.25, 0.3) is 0 Å². The third kappa shape index (κ3) is 3.03. The number of carbonyl (C=O) groups excluding carboxylic acids is 1. The summed E-state index contributed by atoms with van der Waals surface area (Å²) in [4.78, 5) is 17.4. The number of nitriles is 1. The summed E-state index contributed by atoms with van der Waals surface area (Å²) in [6, 6.07) is 10.7. The van der Waals surface area contributed by atoms with E-state index in [1.165, 1.54) is 17.3 Å². The van der Waals surface area contributed by atoms with Crippen LogP contribution in [0.5, 0.6) is 0 Å². The van der Waals surface area contributed by atoms with Crippen LogP contribution in [0, 0.1) is 24.2 Å². The lowest BCUT2D eigenvalue weighted by atomic mass is 9.81. The van der Waals surface area contributed by atoms with Gasteiger partial charge in [0, 0.05) is 12.6 Å². The van der Waals surface area contributed by atoms with Gasteiger partial charge in [-0.05, 0) is 25.3 Å². The first-order valence-corrected chi connectivity index (χ1v) is 10.1. The van der Waals surface area contributed by atoms with Crippen molar-refractivity contribution in [3.05, 3.63) is 35.4 Å². The molecule has 1 N–H and O–H groups in total. The van der Waals surface area contributed by atoms with E-state index in [2.05, 4.69) is 52.7 Å².